The molecule has 26 heavy (non-hydrogen) atoms. The Morgan fingerprint density at radius 2 is 2.12 bits per heavy atom. The molecule has 0 atom stereocenters. The number of non-ortho nitro benzene ring substituents is 1. The number of aryl methyl sites for hydroxylation is 1. The molecule has 0 saturated carbocycles. The van der Waals surface area contributed by atoms with Crippen LogP contribution in [0.2, 0.25) is 5.02 Å². The summed E-state index contributed by atoms with van der Waals surface area (Å²) in [6.45, 7) is 1.84. The third kappa shape index (κ3) is 4.04. The van der Waals surface area contributed by atoms with E-state index in [0.29, 0.717) is 22.1 Å². The first-order chi connectivity index (χ1) is 12.4. The van der Waals surface area contributed by atoms with E-state index >= 15 is 0 Å². The number of aromatic nitrogens is 3. The molecular formula is C17H14ClN5O3. The van der Waals surface area contributed by atoms with Crippen molar-refractivity contribution in [1.29, 1.82) is 0 Å². The monoisotopic (exact) mass is 371 g/mol. The molecule has 132 valence electrons. The zero-order valence-corrected chi connectivity index (χ0v) is 14.5. The van der Waals surface area contributed by atoms with Gasteiger partial charge in [-0.05, 0) is 24.6 Å². The largest absolute Gasteiger partial charge is 0.323 e. The number of nitrogens with one attached hydrogen (secondary N) is 1. The van der Waals surface area contributed by atoms with Gasteiger partial charge in [-0.3, -0.25) is 14.9 Å². The summed E-state index contributed by atoms with van der Waals surface area (Å²) in [5, 5.41) is 18.2. The van der Waals surface area contributed by atoms with Crippen molar-refractivity contribution in [2.75, 3.05) is 5.32 Å². The summed E-state index contributed by atoms with van der Waals surface area (Å²) in [4.78, 5) is 26.6. The fraction of sp³-hybridized carbons (Fsp3) is 0.118. The van der Waals surface area contributed by atoms with E-state index in [1.54, 1.807) is 24.3 Å². The Hall–Kier alpha value is -3.26. The molecule has 3 rings (SSSR count). The van der Waals surface area contributed by atoms with E-state index in [1.165, 1.54) is 23.1 Å². The van der Waals surface area contributed by atoms with Crippen LogP contribution in [0.3, 0.4) is 0 Å². The number of hydrogen-bond acceptors (Lipinski definition) is 5. The fourth-order valence-corrected chi connectivity index (χ4v) is 2.60. The molecule has 0 bridgehead atoms. The second kappa shape index (κ2) is 7.32. The summed E-state index contributed by atoms with van der Waals surface area (Å²) in [7, 11) is 0. The molecule has 3 aromatic rings. The summed E-state index contributed by atoms with van der Waals surface area (Å²) in [6.07, 6.45) is 1.39. The van der Waals surface area contributed by atoms with Crippen LogP contribution in [-0.2, 0) is 11.3 Å². The highest BCUT2D eigenvalue weighted by Crippen LogP contribution is 2.23. The Bertz CT molecular complexity index is 986. The van der Waals surface area contributed by atoms with Gasteiger partial charge >= 0.3 is 0 Å². The molecule has 1 amide bonds. The first-order valence-electron chi connectivity index (χ1n) is 7.62. The van der Waals surface area contributed by atoms with Gasteiger partial charge in [0.15, 0.2) is 5.82 Å². The van der Waals surface area contributed by atoms with E-state index in [1.807, 2.05) is 13.0 Å². The van der Waals surface area contributed by atoms with Gasteiger partial charge in [-0.15, -0.1) is 0 Å². The minimum Gasteiger partial charge on any atom is -0.323 e. The molecule has 0 fully saturated rings. The molecule has 0 spiro atoms. The number of nitro benzene ring substituents is 1. The number of halogens is 1. The molecule has 0 aliphatic rings. The number of benzene rings is 2. The van der Waals surface area contributed by atoms with E-state index in [4.69, 9.17) is 11.6 Å². The molecule has 1 aromatic heterocycles. The van der Waals surface area contributed by atoms with Gasteiger partial charge in [-0.1, -0.05) is 29.8 Å². The van der Waals surface area contributed by atoms with Crippen LogP contribution in [0.1, 0.15) is 5.56 Å². The summed E-state index contributed by atoms with van der Waals surface area (Å²) in [6, 6.07) is 11.3. The second-order valence-electron chi connectivity index (χ2n) is 5.60. The number of nitrogens with zero attached hydrogens (tertiary/aromatic N) is 4. The predicted octanol–water partition coefficient (Wildman–Crippen LogP) is 3.45. The summed E-state index contributed by atoms with van der Waals surface area (Å²) < 4.78 is 1.35. The molecule has 1 heterocycles. The van der Waals surface area contributed by atoms with E-state index < -0.39 is 4.92 Å². The van der Waals surface area contributed by atoms with Crippen LogP contribution in [-0.4, -0.2) is 25.6 Å². The number of carbonyl (C=O) groups excluding carboxylic acids is 1. The average Bonchev–Trinajstić information content (AvgIpc) is 3.06. The Kier molecular flexibility index (Phi) is 4.94. The maximum atomic E-state index is 12.2. The predicted molar refractivity (Wildman–Crippen MR) is 96.9 cm³/mol. The van der Waals surface area contributed by atoms with Crippen LogP contribution >= 0.6 is 11.6 Å². The lowest BCUT2D eigenvalue weighted by Crippen LogP contribution is -2.19. The minimum absolute atomic E-state index is 0.0504. The maximum absolute atomic E-state index is 12.2. The van der Waals surface area contributed by atoms with Gasteiger partial charge in [0.1, 0.15) is 12.9 Å². The first kappa shape index (κ1) is 17.6. The quantitative estimate of drug-likeness (QED) is 0.546. The highest BCUT2D eigenvalue weighted by Gasteiger charge is 2.12. The highest BCUT2D eigenvalue weighted by atomic mass is 35.5. The third-order valence-corrected chi connectivity index (χ3v) is 3.87. The van der Waals surface area contributed by atoms with Crippen molar-refractivity contribution in [2.24, 2.45) is 0 Å². The number of rotatable bonds is 5. The lowest BCUT2D eigenvalue weighted by Gasteiger charge is -2.07. The zero-order chi connectivity index (χ0) is 18.7. The number of carbonyl (C=O) groups is 1. The van der Waals surface area contributed by atoms with Gasteiger partial charge in [0, 0.05) is 17.7 Å². The standard InChI is InChI=1S/C17H14ClN5O3/c1-11-5-6-15(14(18)7-11)20-16(24)9-22-10-19-17(21-22)12-3-2-4-13(8-12)23(25)26/h2-8,10H,9H2,1H3,(H,20,24). The van der Waals surface area contributed by atoms with Crippen LogP contribution in [0.25, 0.3) is 11.4 Å². The van der Waals surface area contributed by atoms with Crippen molar-refractivity contribution in [3.05, 3.63) is 69.5 Å². The molecule has 0 aliphatic heterocycles. The van der Waals surface area contributed by atoms with Crippen LogP contribution < -0.4 is 5.32 Å². The lowest BCUT2D eigenvalue weighted by atomic mass is 10.2. The van der Waals surface area contributed by atoms with E-state index in [9.17, 15) is 14.9 Å². The van der Waals surface area contributed by atoms with Crippen molar-refractivity contribution >= 4 is 28.9 Å². The van der Waals surface area contributed by atoms with E-state index in [0.717, 1.165) is 5.56 Å². The fourth-order valence-electron chi connectivity index (χ4n) is 2.32. The highest BCUT2D eigenvalue weighted by molar-refractivity contribution is 6.33. The normalized spacial score (nSPS) is 10.5. The van der Waals surface area contributed by atoms with Gasteiger partial charge in [-0.2, -0.15) is 5.10 Å². The SMILES string of the molecule is Cc1ccc(NC(=O)Cn2cnc(-c3cccc([N+](=O)[O-])c3)n2)c(Cl)c1. The Balaban J connectivity index is 1.71. The molecule has 0 radical (unpaired) electrons. The average molecular weight is 372 g/mol. The van der Waals surface area contributed by atoms with Crippen molar-refractivity contribution < 1.29 is 9.72 Å². The van der Waals surface area contributed by atoms with Gasteiger partial charge in [-0.25, -0.2) is 9.67 Å². The van der Waals surface area contributed by atoms with E-state index in [2.05, 4.69) is 15.4 Å². The number of anilines is 1. The molecule has 0 saturated heterocycles. The van der Waals surface area contributed by atoms with E-state index in [-0.39, 0.29) is 18.1 Å². The molecule has 1 N–H and O–H groups in total. The summed E-state index contributed by atoms with van der Waals surface area (Å²) in [5.74, 6) is -0.0129. The van der Waals surface area contributed by atoms with Crippen molar-refractivity contribution in [3.63, 3.8) is 0 Å². The van der Waals surface area contributed by atoms with Crippen LogP contribution in [0, 0.1) is 17.0 Å². The van der Waals surface area contributed by atoms with Crippen molar-refractivity contribution in [1.82, 2.24) is 14.8 Å². The number of nitro groups is 1. The molecule has 0 aliphatic carbocycles. The van der Waals surface area contributed by atoms with Crippen molar-refractivity contribution in [3.8, 4) is 11.4 Å². The number of amides is 1. The van der Waals surface area contributed by atoms with Gasteiger partial charge < -0.3 is 5.32 Å². The Morgan fingerprint density at radius 1 is 1.31 bits per heavy atom. The third-order valence-electron chi connectivity index (χ3n) is 3.56. The smallest absolute Gasteiger partial charge is 0.270 e. The Labute approximate surface area is 153 Å². The molecule has 8 nitrogen and oxygen atoms in total. The molecule has 9 heteroatoms. The molecular weight excluding hydrogens is 358 g/mol. The van der Waals surface area contributed by atoms with Gasteiger partial charge in [0.2, 0.25) is 5.91 Å². The minimum atomic E-state index is -0.487. The van der Waals surface area contributed by atoms with Crippen LogP contribution in [0.5, 0.6) is 0 Å². The second-order valence-corrected chi connectivity index (χ2v) is 6.01. The molecule has 0 unspecified atom stereocenters. The summed E-state index contributed by atoms with van der Waals surface area (Å²) in [5.41, 5.74) is 1.96. The maximum Gasteiger partial charge on any atom is 0.270 e. The lowest BCUT2D eigenvalue weighted by molar-refractivity contribution is -0.384. The first-order valence-corrected chi connectivity index (χ1v) is 8.00. The number of hydrogen-bond donors (Lipinski definition) is 1. The van der Waals surface area contributed by atoms with Crippen LogP contribution in [0.4, 0.5) is 11.4 Å². The van der Waals surface area contributed by atoms with Gasteiger partial charge in [0.05, 0.1) is 15.6 Å². The topological polar surface area (TPSA) is 103 Å². The van der Waals surface area contributed by atoms with Gasteiger partial charge in [0.25, 0.3) is 5.69 Å². The van der Waals surface area contributed by atoms with Crippen molar-refractivity contribution in [2.45, 2.75) is 13.5 Å². The molecule has 2 aromatic carbocycles. The summed E-state index contributed by atoms with van der Waals surface area (Å²) >= 11 is 6.10. The van der Waals surface area contributed by atoms with Crippen LogP contribution in [0.15, 0.2) is 48.8 Å². The zero-order valence-electron chi connectivity index (χ0n) is 13.7. The Morgan fingerprint density at radius 3 is 2.85 bits per heavy atom.